The summed E-state index contributed by atoms with van der Waals surface area (Å²) in [6.45, 7) is 0.0140. The van der Waals surface area contributed by atoms with Crippen molar-refractivity contribution in [2.24, 2.45) is 11.7 Å². The smallest absolute Gasteiger partial charge is 0.301 e. The first-order valence-electron chi connectivity index (χ1n) is 8.86. The molecule has 1 aliphatic heterocycles. The number of anilines is 3. The maximum Gasteiger partial charge on any atom is 0.301 e. The van der Waals surface area contributed by atoms with E-state index >= 15 is 0 Å². The zero-order valence-electron chi connectivity index (χ0n) is 15.5. The van der Waals surface area contributed by atoms with Gasteiger partial charge in [-0.2, -0.15) is 12.7 Å². The number of amides is 1. The van der Waals surface area contributed by atoms with E-state index in [0.717, 1.165) is 16.4 Å². The first-order valence-corrected chi connectivity index (χ1v) is 11.4. The Labute approximate surface area is 185 Å². The Balaban J connectivity index is 1.92. The summed E-state index contributed by atoms with van der Waals surface area (Å²) in [7, 11) is -4.21. The summed E-state index contributed by atoms with van der Waals surface area (Å²) in [4.78, 5) is 11.4. The van der Waals surface area contributed by atoms with Crippen LogP contribution in [-0.2, 0) is 15.0 Å². The maximum atomic E-state index is 14.5. The zero-order valence-corrected chi connectivity index (χ0v) is 18.4. The van der Waals surface area contributed by atoms with Gasteiger partial charge in [0.1, 0.15) is 11.5 Å². The maximum absolute atomic E-state index is 14.5. The van der Waals surface area contributed by atoms with Gasteiger partial charge in [0.15, 0.2) is 11.6 Å². The van der Waals surface area contributed by atoms with Gasteiger partial charge in [-0.1, -0.05) is 0 Å². The molecule has 0 radical (unpaired) electrons. The number of hydrogen-bond acceptors (Lipinski definition) is 4. The third kappa shape index (κ3) is 4.98. The van der Waals surface area contributed by atoms with Crippen LogP contribution in [-0.4, -0.2) is 31.7 Å². The monoisotopic (exact) mass is 554 g/mol. The molecule has 1 atom stereocenters. The lowest BCUT2D eigenvalue weighted by atomic mass is 9.99. The minimum atomic E-state index is -4.21. The molecule has 0 bridgehead atoms. The van der Waals surface area contributed by atoms with E-state index in [1.165, 1.54) is 12.1 Å². The molecule has 4 N–H and O–H groups in total. The number of primary amides is 1. The van der Waals surface area contributed by atoms with Crippen LogP contribution in [0, 0.1) is 26.9 Å². The van der Waals surface area contributed by atoms with Gasteiger partial charge in [0.05, 0.1) is 17.3 Å². The molecule has 0 saturated carbocycles. The second kappa shape index (κ2) is 8.98. The highest BCUT2D eigenvalue weighted by Gasteiger charge is 2.32. The van der Waals surface area contributed by atoms with Crippen molar-refractivity contribution in [3.05, 3.63) is 51.4 Å². The minimum Gasteiger partial charge on any atom is -0.369 e. The number of carbonyl (C=O) groups is 1. The van der Waals surface area contributed by atoms with Crippen molar-refractivity contribution < 1.29 is 26.4 Å². The number of nitrogens with one attached hydrogen (secondary N) is 2. The molecule has 30 heavy (non-hydrogen) atoms. The molecule has 12 heteroatoms. The molecule has 1 amide bonds. The number of piperidine rings is 1. The van der Waals surface area contributed by atoms with Crippen LogP contribution in [0.2, 0.25) is 0 Å². The van der Waals surface area contributed by atoms with Gasteiger partial charge in [-0.15, -0.1) is 0 Å². The molecular weight excluding hydrogens is 536 g/mol. The summed E-state index contributed by atoms with van der Waals surface area (Å²) < 4.78 is 71.8. The molecule has 0 aromatic heterocycles. The Morgan fingerprint density at radius 3 is 2.50 bits per heavy atom. The van der Waals surface area contributed by atoms with Crippen molar-refractivity contribution in [3.63, 3.8) is 0 Å². The van der Waals surface area contributed by atoms with Gasteiger partial charge in [0.25, 0.3) is 0 Å². The molecule has 7 nitrogen and oxygen atoms in total. The van der Waals surface area contributed by atoms with Crippen LogP contribution in [0.3, 0.4) is 0 Å². The Kier molecular flexibility index (Phi) is 6.77. The second-order valence-electron chi connectivity index (χ2n) is 6.74. The molecule has 1 saturated heterocycles. The van der Waals surface area contributed by atoms with Crippen LogP contribution < -0.4 is 15.8 Å². The lowest BCUT2D eigenvalue weighted by molar-refractivity contribution is -0.122. The molecular formula is C18H18F3IN4O3S. The fourth-order valence-corrected chi connectivity index (χ4v) is 4.86. The highest BCUT2D eigenvalue weighted by atomic mass is 127. The Morgan fingerprint density at radius 1 is 1.13 bits per heavy atom. The summed E-state index contributed by atoms with van der Waals surface area (Å²) in [6, 6.07) is 5.83. The van der Waals surface area contributed by atoms with Crippen molar-refractivity contribution >= 4 is 55.8 Å². The van der Waals surface area contributed by atoms with E-state index in [0.29, 0.717) is 16.4 Å². The number of nitrogens with zero attached hydrogens (tertiary/aromatic N) is 1. The number of halogens is 4. The normalized spacial score (nSPS) is 17.5. The molecule has 2 aromatic carbocycles. The molecule has 0 aliphatic carbocycles. The van der Waals surface area contributed by atoms with Crippen LogP contribution in [0.15, 0.2) is 30.3 Å². The lowest BCUT2D eigenvalue weighted by Crippen LogP contribution is -2.46. The van der Waals surface area contributed by atoms with Crippen LogP contribution >= 0.6 is 22.6 Å². The largest absolute Gasteiger partial charge is 0.369 e. The van der Waals surface area contributed by atoms with Gasteiger partial charge in [-0.3, -0.25) is 9.52 Å². The molecule has 2 aromatic rings. The van der Waals surface area contributed by atoms with Gasteiger partial charge < -0.3 is 11.1 Å². The fraction of sp³-hybridized carbons (Fsp3) is 0.278. The Morgan fingerprint density at radius 2 is 1.83 bits per heavy atom. The van der Waals surface area contributed by atoms with E-state index in [2.05, 4.69) is 10.0 Å². The first-order chi connectivity index (χ1) is 14.1. The van der Waals surface area contributed by atoms with Gasteiger partial charge in [0.2, 0.25) is 5.91 Å². The van der Waals surface area contributed by atoms with Crippen molar-refractivity contribution in [2.75, 3.05) is 23.1 Å². The SMILES string of the molecule is NC(=O)C1CCCN(S(=O)(=O)Nc2ccc(F)c(F)c2Nc2ccc(I)cc2F)C1. The van der Waals surface area contributed by atoms with E-state index in [4.69, 9.17) is 5.73 Å². The molecule has 1 unspecified atom stereocenters. The molecule has 162 valence electrons. The number of hydrogen-bond donors (Lipinski definition) is 3. The molecule has 1 heterocycles. The molecule has 1 aliphatic rings. The summed E-state index contributed by atoms with van der Waals surface area (Å²) in [5, 5.41) is 2.42. The zero-order chi connectivity index (χ0) is 22.1. The summed E-state index contributed by atoms with van der Waals surface area (Å²) >= 11 is 1.89. The second-order valence-corrected chi connectivity index (χ2v) is 9.66. The van der Waals surface area contributed by atoms with Crippen LogP contribution in [0.25, 0.3) is 0 Å². The number of carbonyl (C=O) groups excluding carboxylic acids is 1. The predicted molar refractivity (Wildman–Crippen MR) is 115 cm³/mol. The standard InChI is InChI=1S/C18H18F3IN4O3S/c19-12-4-6-15(17(16(12)21)24-14-5-3-11(22)8-13(14)20)25-30(28,29)26-7-1-2-10(9-26)18(23)27/h3-6,8,10,24-25H,1-2,7,9H2,(H2,23,27). The van der Waals surface area contributed by atoms with Crippen LogP contribution in [0.1, 0.15) is 12.8 Å². The molecule has 1 fully saturated rings. The highest BCUT2D eigenvalue weighted by Crippen LogP contribution is 2.33. The van der Waals surface area contributed by atoms with Crippen molar-refractivity contribution in [1.82, 2.24) is 4.31 Å². The molecule has 3 rings (SSSR count). The van der Waals surface area contributed by atoms with Crippen molar-refractivity contribution in [1.29, 1.82) is 0 Å². The van der Waals surface area contributed by atoms with E-state index in [1.807, 2.05) is 22.6 Å². The number of nitrogens with two attached hydrogens (primary N) is 1. The first kappa shape index (κ1) is 22.6. The predicted octanol–water partition coefficient (Wildman–Crippen LogP) is 3.31. The summed E-state index contributed by atoms with van der Waals surface area (Å²) in [5.74, 6) is -4.59. The van der Waals surface area contributed by atoms with Gasteiger partial charge in [-0.25, -0.2) is 13.2 Å². The lowest BCUT2D eigenvalue weighted by Gasteiger charge is -2.30. The topological polar surface area (TPSA) is 105 Å². The van der Waals surface area contributed by atoms with E-state index in [9.17, 15) is 26.4 Å². The van der Waals surface area contributed by atoms with Crippen LogP contribution in [0.4, 0.5) is 30.2 Å². The van der Waals surface area contributed by atoms with E-state index < -0.39 is 45.2 Å². The number of benzene rings is 2. The minimum absolute atomic E-state index is 0.122. The average molecular weight is 554 g/mol. The summed E-state index contributed by atoms with van der Waals surface area (Å²) in [6.07, 6.45) is 0.886. The molecule has 0 spiro atoms. The fourth-order valence-electron chi connectivity index (χ4n) is 3.08. The van der Waals surface area contributed by atoms with E-state index in [1.54, 1.807) is 6.07 Å². The Hall–Kier alpha value is -2.06. The van der Waals surface area contributed by atoms with Crippen molar-refractivity contribution in [2.45, 2.75) is 12.8 Å². The third-order valence-electron chi connectivity index (χ3n) is 4.65. The van der Waals surface area contributed by atoms with Crippen LogP contribution in [0.5, 0.6) is 0 Å². The highest BCUT2D eigenvalue weighted by molar-refractivity contribution is 14.1. The van der Waals surface area contributed by atoms with E-state index in [-0.39, 0.29) is 24.5 Å². The van der Waals surface area contributed by atoms with Crippen molar-refractivity contribution in [3.8, 4) is 0 Å². The summed E-state index contributed by atoms with van der Waals surface area (Å²) in [5.41, 5.74) is 4.24. The average Bonchev–Trinajstić information content (AvgIpc) is 2.69. The quantitative estimate of drug-likeness (QED) is 0.477. The van der Waals surface area contributed by atoms with Gasteiger partial charge in [0, 0.05) is 16.7 Å². The van der Waals surface area contributed by atoms with Gasteiger partial charge >= 0.3 is 10.2 Å². The Bertz CT molecular complexity index is 1080. The number of rotatable bonds is 6. The van der Waals surface area contributed by atoms with Gasteiger partial charge in [-0.05, 0) is 65.8 Å². The third-order valence-corrected chi connectivity index (χ3v) is 6.81.